The van der Waals surface area contributed by atoms with E-state index >= 15 is 0 Å². The summed E-state index contributed by atoms with van der Waals surface area (Å²) in [5.41, 5.74) is -0.406. The lowest BCUT2D eigenvalue weighted by molar-refractivity contribution is 0.0217. The molecule has 1 saturated heterocycles. The zero-order chi connectivity index (χ0) is 10.8. The van der Waals surface area contributed by atoms with E-state index < -0.39 is 5.60 Å². The topological polar surface area (TPSA) is 29.5 Å². The molecule has 0 aromatic carbocycles. The SMILES string of the molecule is [B]C1CCN(C(=O)OC(C)(C)C)CC1. The van der Waals surface area contributed by atoms with E-state index in [1.807, 2.05) is 20.8 Å². The van der Waals surface area contributed by atoms with Gasteiger partial charge in [0, 0.05) is 13.1 Å². The average molecular weight is 195 g/mol. The van der Waals surface area contributed by atoms with Crippen molar-refractivity contribution in [2.24, 2.45) is 0 Å². The van der Waals surface area contributed by atoms with E-state index in [9.17, 15) is 4.79 Å². The van der Waals surface area contributed by atoms with E-state index in [0.717, 1.165) is 25.9 Å². The first kappa shape index (κ1) is 11.4. The van der Waals surface area contributed by atoms with Crippen molar-refractivity contribution in [3.63, 3.8) is 0 Å². The van der Waals surface area contributed by atoms with Crippen LogP contribution >= 0.6 is 0 Å². The van der Waals surface area contributed by atoms with Gasteiger partial charge in [0.1, 0.15) is 5.60 Å². The molecule has 0 aromatic heterocycles. The number of rotatable bonds is 0. The van der Waals surface area contributed by atoms with Crippen LogP contribution < -0.4 is 0 Å². The molecule has 1 heterocycles. The molecule has 3 nitrogen and oxygen atoms in total. The Labute approximate surface area is 87.2 Å². The van der Waals surface area contributed by atoms with E-state index in [-0.39, 0.29) is 11.9 Å². The molecule has 0 N–H and O–H groups in total. The van der Waals surface area contributed by atoms with E-state index in [2.05, 4.69) is 0 Å². The summed E-state index contributed by atoms with van der Waals surface area (Å²) in [6.07, 6.45) is 1.53. The number of hydrogen-bond donors (Lipinski definition) is 0. The quantitative estimate of drug-likeness (QED) is 0.553. The van der Waals surface area contributed by atoms with Crippen LogP contribution in [0.1, 0.15) is 33.6 Å². The van der Waals surface area contributed by atoms with Gasteiger partial charge in [-0.2, -0.15) is 0 Å². The summed E-state index contributed by atoms with van der Waals surface area (Å²) < 4.78 is 5.26. The summed E-state index contributed by atoms with van der Waals surface area (Å²) in [6, 6.07) is 0. The van der Waals surface area contributed by atoms with E-state index in [1.54, 1.807) is 4.90 Å². The molecule has 0 bridgehead atoms. The molecular weight excluding hydrogens is 177 g/mol. The molecule has 1 fully saturated rings. The maximum atomic E-state index is 11.6. The van der Waals surface area contributed by atoms with Crippen molar-refractivity contribution in [2.45, 2.75) is 45.0 Å². The van der Waals surface area contributed by atoms with Crippen molar-refractivity contribution in [1.82, 2.24) is 4.90 Å². The van der Waals surface area contributed by atoms with Gasteiger partial charge in [-0.3, -0.25) is 0 Å². The van der Waals surface area contributed by atoms with Gasteiger partial charge in [0.05, 0.1) is 7.85 Å². The van der Waals surface area contributed by atoms with Gasteiger partial charge in [-0.15, -0.1) is 0 Å². The van der Waals surface area contributed by atoms with Crippen LogP contribution in [-0.2, 0) is 4.74 Å². The number of ether oxygens (including phenoxy) is 1. The lowest BCUT2D eigenvalue weighted by Gasteiger charge is -2.32. The van der Waals surface area contributed by atoms with Gasteiger partial charge >= 0.3 is 6.09 Å². The molecule has 0 unspecified atom stereocenters. The Kier molecular flexibility index (Phi) is 3.45. The van der Waals surface area contributed by atoms with Gasteiger partial charge in [-0.05, 0) is 33.6 Å². The maximum Gasteiger partial charge on any atom is 0.410 e. The van der Waals surface area contributed by atoms with Gasteiger partial charge in [0.25, 0.3) is 0 Å². The molecule has 1 rings (SSSR count). The summed E-state index contributed by atoms with van der Waals surface area (Å²) in [4.78, 5) is 13.3. The highest BCUT2D eigenvalue weighted by molar-refractivity contribution is 6.11. The van der Waals surface area contributed by atoms with Crippen LogP contribution in [0, 0.1) is 0 Å². The number of likely N-dealkylation sites (tertiary alicyclic amines) is 1. The van der Waals surface area contributed by atoms with Gasteiger partial charge in [0.15, 0.2) is 0 Å². The fraction of sp³-hybridized carbons (Fsp3) is 0.900. The van der Waals surface area contributed by atoms with Gasteiger partial charge < -0.3 is 9.64 Å². The predicted molar refractivity (Wildman–Crippen MR) is 56.5 cm³/mol. The molecule has 0 atom stereocenters. The second kappa shape index (κ2) is 4.24. The first-order valence-electron chi connectivity index (χ1n) is 5.12. The molecular formula is C10H18BNO2. The monoisotopic (exact) mass is 195 g/mol. The van der Waals surface area contributed by atoms with Crippen LogP contribution in [-0.4, -0.2) is 37.5 Å². The zero-order valence-electron chi connectivity index (χ0n) is 9.25. The minimum Gasteiger partial charge on any atom is -0.444 e. The minimum absolute atomic E-state index is 0.218. The molecule has 14 heavy (non-hydrogen) atoms. The lowest BCUT2D eigenvalue weighted by Crippen LogP contribution is -2.40. The fourth-order valence-corrected chi connectivity index (χ4v) is 1.41. The second-order valence-corrected chi connectivity index (χ2v) is 4.80. The van der Waals surface area contributed by atoms with Crippen LogP contribution in [0.5, 0.6) is 0 Å². The fourth-order valence-electron chi connectivity index (χ4n) is 1.41. The van der Waals surface area contributed by atoms with Crippen LogP contribution in [0.4, 0.5) is 4.79 Å². The summed E-state index contributed by atoms with van der Waals surface area (Å²) in [5, 5.41) is 0. The molecule has 0 aliphatic carbocycles. The molecule has 2 radical (unpaired) electrons. The highest BCUT2D eigenvalue weighted by Crippen LogP contribution is 2.20. The van der Waals surface area contributed by atoms with Crippen LogP contribution in [0.25, 0.3) is 0 Å². The first-order chi connectivity index (χ1) is 6.38. The predicted octanol–water partition coefficient (Wildman–Crippen LogP) is 1.97. The maximum absolute atomic E-state index is 11.6. The average Bonchev–Trinajstić information content (AvgIpc) is 2.02. The number of amides is 1. The standard InChI is InChI=1S/C10H18BNO2/c1-10(2,3)14-9(13)12-6-4-8(11)5-7-12/h8H,4-7H2,1-3H3. The Morgan fingerprint density at radius 3 is 2.29 bits per heavy atom. The largest absolute Gasteiger partial charge is 0.444 e. The smallest absolute Gasteiger partial charge is 0.410 e. The van der Waals surface area contributed by atoms with Gasteiger partial charge in [-0.1, -0.05) is 5.82 Å². The van der Waals surface area contributed by atoms with Crippen LogP contribution in [0.3, 0.4) is 0 Å². The third kappa shape index (κ3) is 3.60. The number of carbonyl (C=O) groups excluding carboxylic acids is 1. The molecule has 1 amide bonds. The first-order valence-corrected chi connectivity index (χ1v) is 5.12. The third-order valence-corrected chi connectivity index (χ3v) is 2.19. The number of piperidine rings is 1. The Morgan fingerprint density at radius 1 is 1.36 bits per heavy atom. The van der Waals surface area contributed by atoms with Crippen molar-refractivity contribution >= 4 is 13.9 Å². The molecule has 1 aliphatic rings. The van der Waals surface area contributed by atoms with E-state index in [0.29, 0.717) is 0 Å². The van der Waals surface area contributed by atoms with Crippen molar-refractivity contribution in [1.29, 1.82) is 0 Å². The molecule has 0 spiro atoms. The van der Waals surface area contributed by atoms with Gasteiger partial charge in [0.2, 0.25) is 0 Å². The third-order valence-electron chi connectivity index (χ3n) is 2.19. The molecule has 4 heteroatoms. The Bertz CT molecular complexity index is 205. The van der Waals surface area contributed by atoms with Crippen LogP contribution in [0.15, 0.2) is 0 Å². The highest BCUT2D eigenvalue weighted by atomic mass is 16.6. The Hall–Kier alpha value is -0.665. The number of hydrogen-bond acceptors (Lipinski definition) is 2. The highest BCUT2D eigenvalue weighted by Gasteiger charge is 2.24. The van der Waals surface area contributed by atoms with Crippen LogP contribution in [0.2, 0.25) is 5.82 Å². The van der Waals surface area contributed by atoms with E-state index in [1.165, 1.54) is 0 Å². The van der Waals surface area contributed by atoms with Crippen molar-refractivity contribution in [2.75, 3.05) is 13.1 Å². The summed E-state index contributed by atoms with van der Waals surface area (Å²) in [6.45, 7) is 7.06. The van der Waals surface area contributed by atoms with Crippen molar-refractivity contribution < 1.29 is 9.53 Å². The molecule has 1 aliphatic heterocycles. The molecule has 78 valence electrons. The second-order valence-electron chi connectivity index (χ2n) is 4.80. The van der Waals surface area contributed by atoms with Crippen molar-refractivity contribution in [3.8, 4) is 0 Å². The minimum atomic E-state index is -0.406. The summed E-state index contributed by atoms with van der Waals surface area (Å²) in [7, 11) is 5.75. The number of carbonyl (C=O) groups is 1. The van der Waals surface area contributed by atoms with Crippen molar-refractivity contribution in [3.05, 3.63) is 0 Å². The normalized spacial score (nSPS) is 19.5. The number of nitrogens with zero attached hydrogens (tertiary/aromatic N) is 1. The molecule has 0 aromatic rings. The lowest BCUT2D eigenvalue weighted by atomic mass is 9.80. The zero-order valence-corrected chi connectivity index (χ0v) is 9.25. The Balaban J connectivity index is 2.38. The summed E-state index contributed by atoms with van der Waals surface area (Å²) in [5.74, 6) is 0.244. The van der Waals surface area contributed by atoms with Gasteiger partial charge in [-0.25, -0.2) is 4.79 Å². The van der Waals surface area contributed by atoms with E-state index in [4.69, 9.17) is 12.6 Å². The molecule has 0 saturated carbocycles. The summed E-state index contributed by atoms with van der Waals surface area (Å²) >= 11 is 0. The Morgan fingerprint density at radius 2 is 1.86 bits per heavy atom.